The largest absolute Gasteiger partial charge is 0.487 e. The monoisotopic (exact) mass is 217 g/mol. The van der Waals surface area contributed by atoms with Crippen LogP contribution in [0.5, 0.6) is 5.75 Å². The summed E-state index contributed by atoms with van der Waals surface area (Å²) in [4.78, 5) is 10.4. The molecule has 4 heteroatoms. The molecule has 0 aromatic heterocycles. The first-order valence-electron chi connectivity index (χ1n) is 5.03. The minimum absolute atomic E-state index is 0.0144. The van der Waals surface area contributed by atoms with Crippen molar-refractivity contribution in [2.45, 2.75) is 6.92 Å². The SMILES string of the molecule is CCOc1c([N+](=O)[O-])ccc2ccccc12. The normalized spacial score (nSPS) is 10.3. The molecule has 4 nitrogen and oxygen atoms in total. The lowest BCUT2D eigenvalue weighted by Crippen LogP contribution is -1.98. The second kappa shape index (κ2) is 4.18. The fourth-order valence-corrected chi connectivity index (χ4v) is 1.67. The van der Waals surface area contributed by atoms with Gasteiger partial charge in [-0.25, -0.2) is 0 Å². The topological polar surface area (TPSA) is 52.4 Å². The molecule has 0 bridgehead atoms. The predicted octanol–water partition coefficient (Wildman–Crippen LogP) is 3.15. The number of hydrogen-bond donors (Lipinski definition) is 0. The van der Waals surface area contributed by atoms with E-state index in [0.29, 0.717) is 12.4 Å². The van der Waals surface area contributed by atoms with Crippen LogP contribution in [0.4, 0.5) is 5.69 Å². The third-order valence-electron chi connectivity index (χ3n) is 2.34. The van der Waals surface area contributed by atoms with Gasteiger partial charge in [-0.2, -0.15) is 0 Å². The molecule has 0 aliphatic carbocycles. The molecule has 2 aromatic rings. The van der Waals surface area contributed by atoms with Crippen molar-refractivity contribution in [3.05, 3.63) is 46.5 Å². The number of hydrogen-bond acceptors (Lipinski definition) is 3. The van der Waals surface area contributed by atoms with Crippen LogP contribution in [0.3, 0.4) is 0 Å². The standard InChI is InChI=1S/C12H11NO3/c1-2-16-12-10-6-4-3-5-9(10)7-8-11(12)13(14)15/h3-8H,2H2,1H3. The number of ether oxygens (including phenoxy) is 1. The Morgan fingerprint density at radius 1 is 1.25 bits per heavy atom. The third kappa shape index (κ3) is 1.69. The summed E-state index contributed by atoms with van der Waals surface area (Å²) in [5.41, 5.74) is 0.0144. The maximum absolute atomic E-state index is 10.9. The zero-order chi connectivity index (χ0) is 11.5. The Morgan fingerprint density at radius 2 is 2.00 bits per heavy atom. The highest BCUT2D eigenvalue weighted by molar-refractivity contribution is 5.91. The summed E-state index contributed by atoms with van der Waals surface area (Å²) in [6.07, 6.45) is 0. The summed E-state index contributed by atoms with van der Waals surface area (Å²) in [6.45, 7) is 2.22. The predicted molar refractivity (Wildman–Crippen MR) is 61.8 cm³/mol. The van der Waals surface area contributed by atoms with Crippen molar-refractivity contribution < 1.29 is 9.66 Å². The van der Waals surface area contributed by atoms with Crippen molar-refractivity contribution in [2.75, 3.05) is 6.61 Å². The summed E-state index contributed by atoms with van der Waals surface area (Å²) >= 11 is 0. The molecule has 0 saturated heterocycles. The molecule has 16 heavy (non-hydrogen) atoms. The molecule has 0 heterocycles. The van der Waals surface area contributed by atoms with E-state index in [4.69, 9.17) is 4.74 Å². The van der Waals surface area contributed by atoms with Gasteiger partial charge in [-0.15, -0.1) is 0 Å². The van der Waals surface area contributed by atoms with E-state index in [9.17, 15) is 10.1 Å². The highest BCUT2D eigenvalue weighted by Crippen LogP contribution is 2.35. The van der Waals surface area contributed by atoms with E-state index < -0.39 is 4.92 Å². The van der Waals surface area contributed by atoms with Crippen molar-refractivity contribution in [2.24, 2.45) is 0 Å². The van der Waals surface area contributed by atoms with Crippen molar-refractivity contribution in [3.8, 4) is 5.75 Å². The minimum atomic E-state index is -0.419. The van der Waals surface area contributed by atoms with Crippen LogP contribution >= 0.6 is 0 Å². The van der Waals surface area contributed by atoms with Gasteiger partial charge in [-0.1, -0.05) is 24.3 Å². The molecule has 0 fully saturated rings. The maximum Gasteiger partial charge on any atom is 0.311 e. The van der Waals surface area contributed by atoms with E-state index in [1.165, 1.54) is 6.07 Å². The number of rotatable bonds is 3. The number of nitro benzene ring substituents is 1. The summed E-state index contributed by atoms with van der Waals surface area (Å²) < 4.78 is 5.37. The lowest BCUT2D eigenvalue weighted by Gasteiger charge is -2.07. The Hall–Kier alpha value is -2.10. The molecule has 0 aliphatic heterocycles. The van der Waals surface area contributed by atoms with Crippen molar-refractivity contribution in [1.82, 2.24) is 0 Å². The first-order chi connectivity index (χ1) is 7.74. The molecule has 0 unspecified atom stereocenters. The average Bonchev–Trinajstić information content (AvgIpc) is 2.29. The number of benzene rings is 2. The molecular formula is C12H11NO3. The van der Waals surface area contributed by atoms with Gasteiger partial charge in [-0.3, -0.25) is 10.1 Å². The first-order valence-corrected chi connectivity index (χ1v) is 5.03. The van der Waals surface area contributed by atoms with E-state index in [1.807, 2.05) is 31.2 Å². The van der Waals surface area contributed by atoms with Crippen molar-refractivity contribution in [3.63, 3.8) is 0 Å². The number of fused-ring (bicyclic) bond motifs is 1. The van der Waals surface area contributed by atoms with Gasteiger partial charge in [0.2, 0.25) is 5.75 Å². The van der Waals surface area contributed by atoms with Crippen LogP contribution in [-0.2, 0) is 0 Å². The third-order valence-corrected chi connectivity index (χ3v) is 2.34. The van der Waals surface area contributed by atoms with Gasteiger partial charge in [0.15, 0.2) is 0 Å². The molecule has 2 rings (SSSR count). The molecule has 2 aromatic carbocycles. The zero-order valence-corrected chi connectivity index (χ0v) is 8.84. The molecule has 0 N–H and O–H groups in total. The van der Waals surface area contributed by atoms with Crippen LogP contribution in [0, 0.1) is 10.1 Å². The lowest BCUT2D eigenvalue weighted by molar-refractivity contribution is -0.385. The zero-order valence-electron chi connectivity index (χ0n) is 8.84. The molecular weight excluding hydrogens is 206 g/mol. The molecule has 0 spiro atoms. The minimum Gasteiger partial charge on any atom is -0.487 e. The molecule has 82 valence electrons. The molecule has 0 radical (unpaired) electrons. The van der Waals surface area contributed by atoms with Crippen LogP contribution in [-0.4, -0.2) is 11.5 Å². The van der Waals surface area contributed by atoms with Crippen molar-refractivity contribution >= 4 is 16.5 Å². The average molecular weight is 217 g/mol. The van der Waals surface area contributed by atoms with Gasteiger partial charge in [0.1, 0.15) is 0 Å². The summed E-state index contributed by atoms with van der Waals surface area (Å²) in [6, 6.07) is 10.7. The quantitative estimate of drug-likeness (QED) is 0.586. The van der Waals surface area contributed by atoms with Crippen LogP contribution in [0.2, 0.25) is 0 Å². The first kappa shape index (κ1) is 10.4. The van der Waals surface area contributed by atoms with Crippen LogP contribution in [0.1, 0.15) is 6.92 Å². The van der Waals surface area contributed by atoms with Gasteiger partial charge in [0.05, 0.1) is 11.5 Å². The lowest BCUT2D eigenvalue weighted by atomic mass is 10.1. The number of nitro groups is 1. The Bertz CT molecular complexity index is 537. The van der Waals surface area contributed by atoms with E-state index >= 15 is 0 Å². The van der Waals surface area contributed by atoms with Gasteiger partial charge in [-0.05, 0) is 18.4 Å². The summed E-state index contributed by atoms with van der Waals surface area (Å²) in [5.74, 6) is 0.352. The fraction of sp³-hybridized carbons (Fsp3) is 0.167. The molecule has 0 aliphatic rings. The Balaban J connectivity index is 2.73. The van der Waals surface area contributed by atoms with Gasteiger partial charge < -0.3 is 4.74 Å². The smallest absolute Gasteiger partial charge is 0.311 e. The second-order valence-electron chi connectivity index (χ2n) is 3.33. The van der Waals surface area contributed by atoms with Crippen molar-refractivity contribution in [1.29, 1.82) is 0 Å². The summed E-state index contributed by atoms with van der Waals surface area (Å²) in [5, 5.41) is 12.6. The van der Waals surface area contributed by atoms with Crippen LogP contribution in [0.15, 0.2) is 36.4 Å². The van der Waals surface area contributed by atoms with Crippen LogP contribution in [0.25, 0.3) is 10.8 Å². The van der Waals surface area contributed by atoms with Gasteiger partial charge in [0.25, 0.3) is 0 Å². The maximum atomic E-state index is 10.9. The van der Waals surface area contributed by atoms with E-state index in [1.54, 1.807) is 6.07 Å². The summed E-state index contributed by atoms with van der Waals surface area (Å²) in [7, 11) is 0. The van der Waals surface area contributed by atoms with Gasteiger partial charge >= 0.3 is 5.69 Å². The molecule has 0 amide bonds. The van der Waals surface area contributed by atoms with Crippen LogP contribution < -0.4 is 4.74 Å². The Labute approximate surface area is 92.6 Å². The van der Waals surface area contributed by atoms with E-state index in [2.05, 4.69) is 0 Å². The van der Waals surface area contributed by atoms with E-state index in [0.717, 1.165) is 10.8 Å². The highest BCUT2D eigenvalue weighted by Gasteiger charge is 2.17. The molecule has 0 saturated carbocycles. The Kier molecular flexibility index (Phi) is 2.72. The number of nitrogens with zero attached hydrogens (tertiary/aromatic N) is 1. The Morgan fingerprint density at radius 3 is 2.69 bits per heavy atom. The van der Waals surface area contributed by atoms with E-state index in [-0.39, 0.29) is 5.69 Å². The second-order valence-corrected chi connectivity index (χ2v) is 3.33. The van der Waals surface area contributed by atoms with Gasteiger partial charge in [0, 0.05) is 11.5 Å². The highest BCUT2D eigenvalue weighted by atomic mass is 16.6. The molecule has 0 atom stereocenters. The fourth-order valence-electron chi connectivity index (χ4n) is 1.67.